The number of nitrogens with one attached hydrogen (secondary N) is 1. The van der Waals surface area contributed by atoms with Gasteiger partial charge in [0.05, 0.1) is 5.41 Å². The molecule has 26 heavy (non-hydrogen) atoms. The Balaban J connectivity index is 1.84. The minimum absolute atomic E-state index is 0.158. The van der Waals surface area contributed by atoms with Crippen LogP contribution in [0.2, 0.25) is 0 Å². The van der Waals surface area contributed by atoms with Crippen molar-refractivity contribution in [2.75, 3.05) is 0 Å². The normalized spacial score (nSPS) is 15.9. The number of esters is 1. The van der Waals surface area contributed by atoms with E-state index in [1.54, 1.807) is 29.7 Å². The number of benzene rings is 2. The molecule has 1 aliphatic rings. The van der Waals surface area contributed by atoms with Crippen LogP contribution < -0.4 is 10.2 Å². The number of carbonyl (C=O) groups excluding carboxylic acids is 2. The van der Waals surface area contributed by atoms with E-state index in [9.17, 15) is 14.7 Å². The largest absolute Gasteiger partial charge is 0.508 e. The molecule has 2 aromatic carbocycles. The highest BCUT2D eigenvalue weighted by molar-refractivity contribution is 5.93. The van der Waals surface area contributed by atoms with Crippen LogP contribution in [0.5, 0.6) is 11.5 Å². The van der Waals surface area contributed by atoms with Gasteiger partial charge in [-0.2, -0.15) is 0 Å². The van der Waals surface area contributed by atoms with Crippen LogP contribution in [0.4, 0.5) is 0 Å². The third-order valence-electron chi connectivity index (χ3n) is 4.95. The van der Waals surface area contributed by atoms with Gasteiger partial charge in [0, 0.05) is 5.56 Å². The minimum atomic E-state index is -0.729. The lowest BCUT2D eigenvalue weighted by Gasteiger charge is -2.35. The van der Waals surface area contributed by atoms with E-state index < -0.39 is 11.3 Å². The molecular weight excluding hydrogens is 334 g/mol. The molecular formula is C20H21NO5. The van der Waals surface area contributed by atoms with Gasteiger partial charge in [0.2, 0.25) is 0 Å². The first-order chi connectivity index (χ1) is 12.5. The van der Waals surface area contributed by atoms with E-state index in [1.165, 1.54) is 24.3 Å². The van der Waals surface area contributed by atoms with Gasteiger partial charge in [0.15, 0.2) is 0 Å². The molecule has 1 saturated carbocycles. The predicted molar refractivity (Wildman–Crippen MR) is 94.2 cm³/mol. The molecule has 0 aliphatic heterocycles. The highest BCUT2D eigenvalue weighted by Gasteiger charge is 2.42. The van der Waals surface area contributed by atoms with Gasteiger partial charge in [-0.25, -0.2) is 5.48 Å². The lowest BCUT2D eigenvalue weighted by molar-refractivity contribution is -0.142. The van der Waals surface area contributed by atoms with E-state index in [-0.39, 0.29) is 17.3 Å². The van der Waals surface area contributed by atoms with Crippen molar-refractivity contribution in [1.29, 1.82) is 0 Å². The maximum atomic E-state index is 13.0. The lowest BCUT2D eigenvalue weighted by atomic mass is 9.69. The monoisotopic (exact) mass is 355 g/mol. The molecule has 3 N–H and O–H groups in total. The zero-order chi connectivity index (χ0) is 18.6. The number of hydrogen-bond donors (Lipinski definition) is 3. The summed E-state index contributed by atoms with van der Waals surface area (Å²) in [5.41, 5.74) is 1.94. The number of ether oxygens (including phenoxy) is 1. The van der Waals surface area contributed by atoms with E-state index in [0.717, 1.165) is 24.8 Å². The van der Waals surface area contributed by atoms with Crippen LogP contribution in [0.25, 0.3) is 0 Å². The Labute approximate surface area is 151 Å². The van der Waals surface area contributed by atoms with E-state index in [4.69, 9.17) is 9.94 Å². The van der Waals surface area contributed by atoms with Crippen molar-refractivity contribution in [2.24, 2.45) is 0 Å². The van der Waals surface area contributed by atoms with Crippen molar-refractivity contribution >= 4 is 11.9 Å². The zero-order valence-electron chi connectivity index (χ0n) is 14.3. The molecule has 0 saturated heterocycles. The molecule has 0 radical (unpaired) electrons. The van der Waals surface area contributed by atoms with Crippen molar-refractivity contribution < 1.29 is 24.6 Å². The van der Waals surface area contributed by atoms with Gasteiger partial charge in [-0.1, -0.05) is 31.4 Å². The molecule has 0 aromatic heterocycles. The predicted octanol–water partition coefficient (Wildman–Crippen LogP) is 3.32. The fourth-order valence-electron chi connectivity index (χ4n) is 3.49. The molecule has 1 fully saturated rings. The third kappa shape index (κ3) is 3.55. The van der Waals surface area contributed by atoms with Crippen molar-refractivity contribution in [2.45, 2.75) is 37.5 Å². The molecule has 3 rings (SSSR count). The summed E-state index contributed by atoms with van der Waals surface area (Å²) in [5.74, 6) is -0.461. The molecule has 1 aliphatic carbocycles. The maximum absolute atomic E-state index is 13.0. The molecule has 0 spiro atoms. The van der Waals surface area contributed by atoms with Crippen LogP contribution >= 0.6 is 0 Å². The van der Waals surface area contributed by atoms with Crippen LogP contribution in [0.3, 0.4) is 0 Å². The second-order valence-electron chi connectivity index (χ2n) is 6.54. The van der Waals surface area contributed by atoms with Gasteiger partial charge in [-0.3, -0.25) is 14.8 Å². The zero-order valence-corrected chi connectivity index (χ0v) is 14.3. The third-order valence-corrected chi connectivity index (χ3v) is 4.95. The molecule has 0 unspecified atom stereocenters. The summed E-state index contributed by atoms with van der Waals surface area (Å²) in [4.78, 5) is 24.4. The average Bonchev–Trinajstić information content (AvgIpc) is 2.69. The van der Waals surface area contributed by atoms with Gasteiger partial charge >= 0.3 is 5.97 Å². The number of carbonyl (C=O) groups is 2. The minimum Gasteiger partial charge on any atom is -0.508 e. The quantitative estimate of drug-likeness (QED) is 0.338. The summed E-state index contributed by atoms with van der Waals surface area (Å²) in [5, 5.41) is 18.2. The molecule has 0 atom stereocenters. The molecule has 6 nitrogen and oxygen atoms in total. The van der Waals surface area contributed by atoms with Gasteiger partial charge in [-0.15, -0.1) is 0 Å². The van der Waals surface area contributed by atoms with Crippen LogP contribution in [0, 0.1) is 0 Å². The molecule has 0 bridgehead atoms. The summed E-state index contributed by atoms with van der Waals surface area (Å²) in [7, 11) is 0. The Hall–Kier alpha value is -2.86. The van der Waals surface area contributed by atoms with Crippen molar-refractivity contribution in [3.8, 4) is 11.5 Å². The topological polar surface area (TPSA) is 95.9 Å². The first-order valence-electron chi connectivity index (χ1n) is 8.61. The van der Waals surface area contributed by atoms with Gasteiger partial charge in [-0.05, 0) is 54.8 Å². The fraction of sp³-hybridized carbons (Fsp3) is 0.300. The Bertz CT molecular complexity index is 777. The average molecular weight is 355 g/mol. The second-order valence-corrected chi connectivity index (χ2v) is 6.54. The van der Waals surface area contributed by atoms with Gasteiger partial charge in [0.25, 0.3) is 5.91 Å². The smallest absolute Gasteiger partial charge is 0.321 e. The highest BCUT2D eigenvalue weighted by Crippen LogP contribution is 2.41. The SMILES string of the molecule is O=C(NO)c1ccc(OC(=O)C2(c3ccc(O)cc3)CCCCC2)cc1. The van der Waals surface area contributed by atoms with Gasteiger partial charge < -0.3 is 9.84 Å². The Morgan fingerprint density at radius 1 is 0.923 bits per heavy atom. The number of hydroxylamine groups is 1. The molecule has 136 valence electrons. The maximum Gasteiger partial charge on any atom is 0.321 e. The Morgan fingerprint density at radius 3 is 2.12 bits per heavy atom. The number of phenols is 1. The standard InChI is InChI=1S/C20H21NO5/c22-16-8-6-15(7-9-16)20(12-2-1-3-13-20)19(24)26-17-10-4-14(5-11-17)18(23)21-25/h4-11,22,25H,1-3,12-13H2,(H,21,23). The van der Waals surface area contributed by atoms with Crippen LogP contribution in [-0.2, 0) is 10.2 Å². The summed E-state index contributed by atoms with van der Waals surface area (Å²) >= 11 is 0. The summed E-state index contributed by atoms with van der Waals surface area (Å²) in [6, 6.07) is 12.7. The van der Waals surface area contributed by atoms with Crippen LogP contribution in [0.1, 0.15) is 48.0 Å². The van der Waals surface area contributed by atoms with Crippen LogP contribution in [-0.4, -0.2) is 22.2 Å². The number of hydrogen-bond acceptors (Lipinski definition) is 5. The van der Waals surface area contributed by atoms with Gasteiger partial charge in [0.1, 0.15) is 11.5 Å². The molecule has 6 heteroatoms. The van der Waals surface area contributed by atoms with Crippen LogP contribution in [0.15, 0.2) is 48.5 Å². The Morgan fingerprint density at radius 2 is 1.54 bits per heavy atom. The lowest BCUT2D eigenvalue weighted by Crippen LogP contribution is -2.41. The fourth-order valence-corrected chi connectivity index (χ4v) is 3.49. The van der Waals surface area contributed by atoms with E-state index in [2.05, 4.69) is 0 Å². The van der Waals surface area contributed by atoms with Crippen molar-refractivity contribution in [3.63, 3.8) is 0 Å². The molecule has 0 heterocycles. The van der Waals surface area contributed by atoms with Crippen molar-refractivity contribution in [3.05, 3.63) is 59.7 Å². The highest BCUT2D eigenvalue weighted by atomic mass is 16.5. The number of phenolic OH excluding ortho intramolecular Hbond substituents is 1. The van der Waals surface area contributed by atoms with E-state index in [1.807, 2.05) is 0 Å². The van der Waals surface area contributed by atoms with Crippen molar-refractivity contribution in [1.82, 2.24) is 5.48 Å². The first-order valence-corrected chi connectivity index (χ1v) is 8.61. The van der Waals surface area contributed by atoms with E-state index in [0.29, 0.717) is 18.6 Å². The number of aromatic hydroxyl groups is 1. The number of rotatable bonds is 4. The summed E-state index contributed by atoms with van der Waals surface area (Å²) < 4.78 is 5.61. The molecule has 2 aromatic rings. The number of amides is 1. The summed E-state index contributed by atoms with van der Waals surface area (Å²) in [6.45, 7) is 0. The first kappa shape index (κ1) is 17.9. The molecule has 1 amide bonds. The Kier molecular flexibility index (Phi) is 5.23. The van der Waals surface area contributed by atoms with E-state index >= 15 is 0 Å². The second kappa shape index (κ2) is 7.58. The summed E-state index contributed by atoms with van der Waals surface area (Å²) in [6.07, 6.45) is 4.35.